The summed E-state index contributed by atoms with van der Waals surface area (Å²) in [5.41, 5.74) is -0.848. The zero-order valence-electron chi connectivity index (χ0n) is 10.5. The summed E-state index contributed by atoms with van der Waals surface area (Å²) >= 11 is 9.04. The van der Waals surface area contributed by atoms with Gasteiger partial charge in [-0.1, -0.05) is 11.6 Å². The van der Waals surface area contributed by atoms with Gasteiger partial charge in [-0.3, -0.25) is 9.59 Å². The zero-order valence-corrected chi connectivity index (χ0v) is 14.3. The molecule has 2 heterocycles. The van der Waals surface area contributed by atoms with Crippen molar-refractivity contribution in [1.82, 2.24) is 0 Å². The van der Waals surface area contributed by atoms with E-state index in [9.17, 15) is 14.7 Å². The zero-order chi connectivity index (χ0) is 15.2. The molecule has 2 N–H and O–H groups in total. The van der Waals surface area contributed by atoms with E-state index in [1.54, 1.807) is 24.3 Å². The molecule has 21 heavy (non-hydrogen) atoms. The number of hydrogen-bond donors (Lipinski definition) is 2. The number of carbonyl (C=O) groups excluding carboxylic acids is 2. The first-order valence-corrected chi connectivity index (χ1v) is 8.30. The van der Waals surface area contributed by atoms with Crippen LogP contribution < -0.4 is 5.32 Å². The van der Waals surface area contributed by atoms with Gasteiger partial charge in [-0.2, -0.15) is 0 Å². The Morgan fingerprint density at radius 2 is 2.14 bits per heavy atom. The summed E-state index contributed by atoms with van der Waals surface area (Å²) in [5.74, 6) is -0.883. The smallest absolute Gasteiger partial charge is 0.261 e. The van der Waals surface area contributed by atoms with Crippen LogP contribution in [-0.4, -0.2) is 16.8 Å². The van der Waals surface area contributed by atoms with Crippen LogP contribution in [0.5, 0.6) is 0 Å². The Bertz CT molecular complexity index is 760. The minimum absolute atomic E-state index is 0.303. The third-order valence-electron chi connectivity index (χ3n) is 3.32. The topological polar surface area (TPSA) is 66.4 Å². The van der Waals surface area contributed by atoms with Crippen molar-refractivity contribution in [3.05, 3.63) is 48.7 Å². The van der Waals surface area contributed by atoms with Gasteiger partial charge in [0.2, 0.25) is 0 Å². The monoisotopic (exact) mass is 433 g/mol. The van der Waals surface area contributed by atoms with E-state index in [0.29, 0.717) is 20.5 Å². The van der Waals surface area contributed by atoms with Crippen LogP contribution in [0, 0.1) is 3.57 Å². The largest absolute Gasteiger partial charge is 0.375 e. The minimum atomic E-state index is -1.83. The molecule has 1 aromatic carbocycles. The molecule has 4 nitrogen and oxygen atoms in total. The third kappa shape index (κ3) is 2.61. The third-order valence-corrected chi connectivity index (χ3v) is 5.26. The molecule has 0 unspecified atom stereocenters. The highest BCUT2D eigenvalue weighted by Crippen LogP contribution is 2.40. The quantitative estimate of drug-likeness (QED) is 0.576. The Kier molecular flexibility index (Phi) is 3.81. The van der Waals surface area contributed by atoms with Crippen molar-refractivity contribution in [2.24, 2.45) is 0 Å². The Hall–Kier alpha value is -0.960. The molecular formula is C14H9ClINO3S. The number of rotatable bonds is 3. The van der Waals surface area contributed by atoms with Gasteiger partial charge in [0, 0.05) is 14.8 Å². The summed E-state index contributed by atoms with van der Waals surface area (Å²) in [6.07, 6.45) is -0.303. The predicted octanol–water partition coefficient (Wildman–Crippen LogP) is 3.42. The molecule has 0 aliphatic carbocycles. The molecule has 1 aliphatic rings. The molecule has 0 saturated heterocycles. The van der Waals surface area contributed by atoms with Crippen LogP contribution in [0.25, 0.3) is 0 Å². The summed E-state index contributed by atoms with van der Waals surface area (Å²) in [7, 11) is 0. The lowest BCUT2D eigenvalue weighted by molar-refractivity contribution is -0.133. The number of ketones is 1. The van der Waals surface area contributed by atoms with Crippen LogP contribution in [0.3, 0.4) is 0 Å². The Balaban J connectivity index is 1.96. The fraction of sp³-hybridized carbons (Fsp3) is 0.143. The maximum atomic E-state index is 12.3. The van der Waals surface area contributed by atoms with Gasteiger partial charge in [-0.25, -0.2) is 0 Å². The number of carbonyl (C=O) groups is 2. The number of anilines is 1. The lowest BCUT2D eigenvalue weighted by Gasteiger charge is -2.19. The maximum Gasteiger partial charge on any atom is 0.261 e. The van der Waals surface area contributed by atoms with Gasteiger partial charge in [-0.05, 0) is 52.9 Å². The first kappa shape index (κ1) is 15.0. The van der Waals surface area contributed by atoms with Crippen molar-refractivity contribution >= 4 is 62.9 Å². The number of thiophene rings is 1. The molecule has 0 fully saturated rings. The van der Waals surface area contributed by atoms with Crippen LogP contribution in [0.1, 0.15) is 21.7 Å². The number of Topliss-reactive ketones (excluding diaryl/α,β-unsaturated/α-hetero) is 1. The molecule has 7 heteroatoms. The SMILES string of the molecule is O=C(C[C@@]1(O)C(=O)Nc2ccc(I)cc21)c1ccc(Cl)s1. The second-order valence-electron chi connectivity index (χ2n) is 4.71. The van der Waals surface area contributed by atoms with Crippen LogP contribution in [0.4, 0.5) is 5.69 Å². The number of hydrogen-bond acceptors (Lipinski definition) is 4. The molecule has 1 aromatic heterocycles. The number of nitrogens with one attached hydrogen (secondary N) is 1. The van der Waals surface area contributed by atoms with Crippen LogP contribution >= 0.6 is 45.5 Å². The fourth-order valence-corrected chi connectivity index (χ4v) is 3.75. The van der Waals surface area contributed by atoms with Gasteiger partial charge in [0.15, 0.2) is 11.4 Å². The van der Waals surface area contributed by atoms with Crippen LogP contribution in [-0.2, 0) is 10.4 Å². The normalized spacial score (nSPS) is 20.2. The summed E-state index contributed by atoms with van der Waals surface area (Å²) in [6, 6.07) is 8.48. The molecular weight excluding hydrogens is 425 g/mol. The average molecular weight is 434 g/mol. The van der Waals surface area contributed by atoms with E-state index in [0.717, 1.165) is 14.9 Å². The molecule has 2 aromatic rings. The lowest BCUT2D eigenvalue weighted by atomic mass is 9.89. The van der Waals surface area contributed by atoms with Crippen LogP contribution in [0.15, 0.2) is 30.3 Å². The first-order valence-electron chi connectivity index (χ1n) is 6.02. The second-order valence-corrected chi connectivity index (χ2v) is 7.67. The summed E-state index contributed by atoms with van der Waals surface area (Å²) in [5, 5.41) is 13.3. The Morgan fingerprint density at radius 1 is 1.38 bits per heavy atom. The van der Waals surface area contributed by atoms with Crippen molar-refractivity contribution in [2.45, 2.75) is 12.0 Å². The maximum absolute atomic E-state index is 12.3. The van der Waals surface area contributed by atoms with Crippen molar-refractivity contribution in [3.63, 3.8) is 0 Å². The number of fused-ring (bicyclic) bond motifs is 1. The van der Waals surface area contributed by atoms with Gasteiger partial charge >= 0.3 is 0 Å². The highest BCUT2D eigenvalue weighted by atomic mass is 127. The van der Waals surface area contributed by atoms with Crippen molar-refractivity contribution in [3.8, 4) is 0 Å². The number of halogens is 2. The van der Waals surface area contributed by atoms with E-state index < -0.39 is 11.5 Å². The van der Waals surface area contributed by atoms with Gasteiger partial charge in [0.1, 0.15) is 0 Å². The van der Waals surface area contributed by atoms with E-state index in [2.05, 4.69) is 27.9 Å². The highest BCUT2D eigenvalue weighted by molar-refractivity contribution is 14.1. The highest BCUT2D eigenvalue weighted by Gasteiger charge is 2.47. The number of amides is 1. The molecule has 0 saturated carbocycles. The van der Waals surface area contributed by atoms with Crippen molar-refractivity contribution in [2.75, 3.05) is 5.32 Å². The molecule has 3 rings (SSSR count). The molecule has 0 bridgehead atoms. The van der Waals surface area contributed by atoms with Gasteiger partial charge < -0.3 is 10.4 Å². The Labute approximate surface area is 143 Å². The van der Waals surface area contributed by atoms with E-state index >= 15 is 0 Å². The lowest BCUT2D eigenvalue weighted by Crippen LogP contribution is -2.36. The number of aliphatic hydroxyl groups is 1. The predicted molar refractivity (Wildman–Crippen MR) is 90.0 cm³/mol. The fourth-order valence-electron chi connectivity index (χ4n) is 2.27. The molecule has 108 valence electrons. The van der Waals surface area contributed by atoms with Gasteiger partial charge in [-0.15, -0.1) is 11.3 Å². The van der Waals surface area contributed by atoms with E-state index in [4.69, 9.17) is 11.6 Å². The molecule has 1 atom stereocenters. The van der Waals surface area contributed by atoms with Gasteiger partial charge in [0.25, 0.3) is 5.91 Å². The van der Waals surface area contributed by atoms with E-state index in [1.807, 2.05) is 6.07 Å². The number of benzene rings is 1. The molecule has 1 aliphatic heterocycles. The van der Waals surface area contributed by atoms with Crippen LogP contribution in [0.2, 0.25) is 4.34 Å². The molecule has 1 amide bonds. The average Bonchev–Trinajstić information content (AvgIpc) is 2.95. The van der Waals surface area contributed by atoms with E-state index in [-0.39, 0.29) is 12.2 Å². The minimum Gasteiger partial charge on any atom is -0.375 e. The Morgan fingerprint density at radius 3 is 2.81 bits per heavy atom. The summed E-state index contributed by atoms with van der Waals surface area (Å²) < 4.78 is 1.38. The molecule has 0 spiro atoms. The summed E-state index contributed by atoms with van der Waals surface area (Å²) in [4.78, 5) is 24.8. The van der Waals surface area contributed by atoms with Crippen molar-refractivity contribution in [1.29, 1.82) is 0 Å². The standard InChI is InChI=1S/C14H9ClINO3S/c15-12-4-3-11(21-12)10(18)6-14(20)8-5-7(16)1-2-9(8)17-13(14)19/h1-5,20H,6H2,(H,17,19)/t14-/m0/s1. The first-order chi connectivity index (χ1) is 9.90. The van der Waals surface area contributed by atoms with Gasteiger partial charge in [0.05, 0.1) is 15.6 Å². The van der Waals surface area contributed by atoms with Crippen molar-refractivity contribution < 1.29 is 14.7 Å². The molecule has 0 radical (unpaired) electrons. The van der Waals surface area contributed by atoms with E-state index in [1.165, 1.54) is 0 Å². The summed E-state index contributed by atoms with van der Waals surface area (Å²) in [6.45, 7) is 0. The second kappa shape index (κ2) is 5.35.